The van der Waals surface area contributed by atoms with Gasteiger partial charge in [-0.2, -0.15) is 0 Å². The van der Waals surface area contributed by atoms with Crippen LogP contribution in [0.25, 0.3) is 0 Å². The third-order valence-corrected chi connectivity index (χ3v) is 8.40. The summed E-state index contributed by atoms with van der Waals surface area (Å²) in [4.78, 5) is 37.5. The predicted molar refractivity (Wildman–Crippen MR) is 111 cm³/mol. The van der Waals surface area contributed by atoms with Crippen molar-refractivity contribution in [2.75, 3.05) is 13.2 Å². The molecule has 8 heteroatoms. The Labute approximate surface area is 187 Å². The van der Waals surface area contributed by atoms with Crippen LogP contribution in [0.1, 0.15) is 52.5 Å². The van der Waals surface area contributed by atoms with Crippen molar-refractivity contribution in [2.45, 2.75) is 71.2 Å². The Morgan fingerprint density at radius 3 is 2.53 bits per heavy atom. The van der Waals surface area contributed by atoms with Gasteiger partial charge in [0.2, 0.25) is 0 Å². The lowest BCUT2D eigenvalue weighted by atomic mass is 9.42. The van der Waals surface area contributed by atoms with E-state index in [4.69, 9.17) is 18.6 Å². The van der Waals surface area contributed by atoms with Gasteiger partial charge in [-0.3, -0.25) is 14.4 Å². The van der Waals surface area contributed by atoms with Crippen LogP contribution in [0.2, 0.25) is 0 Å². The van der Waals surface area contributed by atoms with Crippen LogP contribution < -0.4 is 0 Å². The van der Waals surface area contributed by atoms with Crippen molar-refractivity contribution < 1.29 is 38.1 Å². The summed E-state index contributed by atoms with van der Waals surface area (Å²) in [6.07, 6.45) is 4.02. The first kappa shape index (κ1) is 23.0. The van der Waals surface area contributed by atoms with Gasteiger partial charge in [0, 0.05) is 13.8 Å². The molecule has 176 valence electrons. The second-order valence-corrected chi connectivity index (χ2v) is 9.89. The number of Topliss-reactive ketones (excluding diaryl/α,β-unsaturated/α-hetero) is 1. The first-order valence-corrected chi connectivity index (χ1v) is 11.3. The fourth-order valence-electron chi connectivity index (χ4n) is 6.46. The van der Waals surface area contributed by atoms with Crippen molar-refractivity contribution in [3.63, 3.8) is 0 Å². The maximum absolute atomic E-state index is 13.8. The van der Waals surface area contributed by atoms with E-state index in [0.29, 0.717) is 19.3 Å². The monoisotopic (exact) mass is 448 g/mol. The summed E-state index contributed by atoms with van der Waals surface area (Å²) in [7, 11) is 0. The third kappa shape index (κ3) is 3.30. The lowest BCUT2D eigenvalue weighted by Gasteiger charge is -2.61. The molecule has 8 nitrogen and oxygen atoms in total. The van der Waals surface area contributed by atoms with Gasteiger partial charge in [0.25, 0.3) is 0 Å². The molecule has 1 spiro atoms. The lowest BCUT2D eigenvalue weighted by molar-refractivity contribution is -0.217. The minimum atomic E-state index is -1.28. The molecule has 2 heterocycles. The molecule has 0 unspecified atom stereocenters. The molecule has 1 aromatic heterocycles. The zero-order valence-electron chi connectivity index (χ0n) is 19.1. The number of aliphatic hydroxyl groups excluding tert-OH is 1. The number of ketones is 1. The number of epoxide rings is 1. The molecule has 3 aliphatic rings. The number of rotatable bonds is 6. The van der Waals surface area contributed by atoms with E-state index in [0.717, 1.165) is 12.0 Å². The number of esters is 2. The SMILES string of the molecule is CC(=O)OC[C@@]12C(=O)[C@@H](O)[C@@H](C)[C@](C)(CCc3ccoc3)[C@H]1CC[C@H](OC(C)=O)[C@]21CO1. The summed E-state index contributed by atoms with van der Waals surface area (Å²) in [6.45, 7) is 6.65. The van der Waals surface area contributed by atoms with Crippen LogP contribution >= 0.6 is 0 Å². The Morgan fingerprint density at radius 1 is 1.25 bits per heavy atom. The summed E-state index contributed by atoms with van der Waals surface area (Å²) in [5.41, 5.74) is -1.79. The van der Waals surface area contributed by atoms with Crippen molar-refractivity contribution in [3.05, 3.63) is 24.2 Å². The lowest BCUT2D eigenvalue weighted by Crippen LogP contribution is -2.72. The minimum absolute atomic E-state index is 0.200. The van der Waals surface area contributed by atoms with Crippen LogP contribution in [0.5, 0.6) is 0 Å². The van der Waals surface area contributed by atoms with Gasteiger partial charge in [-0.1, -0.05) is 13.8 Å². The zero-order valence-corrected chi connectivity index (χ0v) is 19.1. The summed E-state index contributed by atoms with van der Waals surface area (Å²) in [5.74, 6) is -1.87. The molecule has 0 amide bonds. The fraction of sp³-hybridized carbons (Fsp3) is 0.708. The summed E-state index contributed by atoms with van der Waals surface area (Å²) >= 11 is 0. The molecule has 4 rings (SSSR count). The van der Waals surface area contributed by atoms with E-state index in [1.165, 1.54) is 13.8 Å². The quantitative estimate of drug-likeness (QED) is 0.521. The van der Waals surface area contributed by atoms with Crippen molar-refractivity contribution >= 4 is 17.7 Å². The highest BCUT2D eigenvalue weighted by molar-refractivity contribution is 5.93. The van der Waals surface area contributed by atoms with Gasteiger partial charge in [0.15, 0.2) is 5.78 Å². The zero-order chi connectivity index (χ0) is 23.3. The maximum atomic E-state index is 13.8. The number of aryl methyl sites for hydroxylation is 1. The van der Waals surface area contributed by atoms with Gasteiger partial charge >= 0.3 is 11.9 Å². The molecule has 1 aliphatic heterocycles. The van der Waals surface area contributed by atoms with Gasteiger partial charge in [-0.15, -0.1) is 0 Å². The van der Waals surface area contributed by atoms with Gasteiger partial charge in [-0.25, -0.2) is 0 Å². The number of hydrogen-bond acceptors (Lipinski definition) is 8. The van der Waals surface area contributed by atoms with E-state index in [-0.39, 0.29) is 30.8 Å². The minimum Gasteiger partial charge on any atom is -0.472 e. The van der Waals surface area contributed by atoms with Crippen LogP contribution in [0, 0.1) is 22.7 Å². The highest BCUT2D eigenvalue weighted by Crippen LogP contribution is 2.67. The first-order valence-electron chi connectivity index (χ1n) is 11.3. The van der Waals surface area contributed by atoms with Gasteiger partial charge in [-0.05, 0) is 54.6 Å². The number of hydrogen-bond donors (Lipinski definition) is 1. The maximum Gasteiger partial charge on any atom is 0.303 e. The number of carbonyl (C=O) groups excluding carboxylic acids is 3. The van der Waals surface area contributed by atoms with Gasteiger partial charge in [0.1, 0.15) is 29.8 Å². The Balaban J connectivity index is 1.79. The molecule has 1 saturated heterocycles. The Bertz CT molecular complexity index is 888. The number of ether oxygens (including phenoxy) is 3. The molecule has 7 atom stereocenters. The van der Waals surface area contributed by atoms with E-state index >= 15 is 0 Å². The molecule has 0 radical (unpaired) electrons. The van der Waals surface area contributed by atoms with E-state index in [1.807, 2.05) is 13.0 Å². The van der Waals surface area contributed by atoms with Crippen LogP contribution in [0.3, 0.4) is 0 Å². The van der Waals surface area contributed by atoms with E-state index in [2.05, 4.69) is 6.92 Å². The van der Waals surface area contributed by atoms with Crippen molar-refractivity contribution in [1.82, 2.24) is 0 Å². The van der Waals surface area contributed by atoms with E-state index in [1.54, 1.807) is 12.5 Å². The van der Waals surface area contributed by atoms with Crippen LogP contribution in [-0.2, 0) is 35.0 Å². The van der Waals surface area contributed by atoms with Crippen LogP contribution in [0.4, 0.5) is 0 Å². The molecule has 3 fully saturated rings. The van der Waals surface area contributed by atoms with Gasteiger partial charge < -0.3 is 23.7 Å². The molecule has 0 bridgehead atoms. The number of carbonyl (C=O) groups is 3. The Kier molecular flexibility index (Phi) is 5.74. The standard InChI is InChI=1S/C24H32O8/c1-14-20(27)21(28)23(12-30-15(2)25)18(22(14,4)9-7-17-8-10-29-11-17)5-6-19(32-16(3)26)24(23)13-31-24/h8,10-11,14,18-20,27H,5-7,9,12-13H2,1-4H3/t14-,18-,19+,20+,22+,23+,24-/m1/s1. The highest BCUT2D eigenvalue weighted by atomic mass is 16.6. The second kappa shape index (κ2) is 7.99. The second-order valence-electron chi connectivity index (χ2n) is 9.89. The number of furan rings is 1. The third-order valence-electron chi connectivity index (χ3n) is 8.40. The number of fused-ring (bicyclic) bond motifs is 2. The van der Waals surface area contributed by atoms with E-state index in [9.17, 15) is 19.5 Å². The van der Waals surface area contributed by atoms with Crippen molar-refractivity contribution in [2.24, 2.45) is 22.7 Å². The molecule has 0 aromatic carbocycles. The first-order chi connectivity index (χ1) is 15.1. The molecular formula is C24H32O8. The summed E-state index contributed by atoms with van der Waals surface area (Å²) < 4.78 is 22.2. The molecule has 2 aliphatic carbocycles. The van der Waals surface area contributed by atoms with E-state index < -0.39 is 40.6 Å². The predicted octanol–water partition coefficient (Wildman–Crippen LogP) is 2.46. The smallest absolute Gasteiger partial charge is 0.303 e. The van der Waals surface area contributed by atoms with Crippen molar-refractivity contribution in [3.8, 4) is 0 Å². The Morgan fingerprint density at radius 2 is 1.97 bits per heavy atom. The van der Waals surface area contributed by atoms with Crippen LogP contribution in [0.15, 0.2) is 23.0 Å². The largest absolute Gasteiger partial charge is 0.472 e. The highest BCUT2D eigenvalue weighted by Gasteiger charge is 2.79. The molecule has 1 N–H and O–H groups in total. The summed E-state index contributed by atoms with van der Waals surface area (Å²) in [5, 5.41) is 11.2. The number of aliphatic hydroxyl groups is 1. The molecule has 32 heavy (non-hydrogen) atoms. The average molecular weight is 449 g/mol. The van der Waals surface area contributed by atoms with Gasteiger partial charge in [0.05, 0.1) is 19.1 Å². The topological polar surface area (TPSA) is 116 Å². The average Bonchev–Trinajstić information content (AvgIpc) is 3.36. The molecular weight excluding hydrogens is 416 g/mol. The normalized spacial score (nSPS) is 40.6. The summed E-state index contributed by atoms with van der Waals surface area (Å²) in [6, 6.07) is 1.91. The Hall–Kier alpha value is -2.19. The molecule has 1 aromatic rings. The fourth-order valence-corrected chi connectivity index (χ4v) is 6.46. The van der Waals surface area contributed by atoms with Crippen LogP contribution in [-0.4, -0.2) is 53.9 Å². The molecule has 2 saturated carbocycles. The van der Waals surface area contributed by atoms with Crippen molar-refractivity contribution in [1.29, 1.82) is 0 Å².